The van der Waals surface area contributed by atoms with Crippen LogP contribution in [0.3, 0.4) is 0 Å². The van der Waals surface area contributed by atoms with Crippen LogP contribution in [0, 0.1) is 0 Å². The Bertz CT molecular complexity index is 921. The van der Waals surface area contributed by atoms with E-state index in [9.17, 15) is 13.2 Å². The molecule has 140 valence electrons. The number of hydrogen-bond donors (Lipinski definition) is 2. The van der Waals surface area contributed by atoms with Crippen LogP contribution in [0.15, 0.2) is 47.4 Å². The van der Waals surface area contributed by atoms with Gasteiger partial charge in [0.2, 0.25) is 10.0 Å². The van der Waals surface area contributed by atoms with Gasteiger partial charge in [-0.1, -0.05) is 17.7 Å². The number of hydrogen-bond acceptors (Lipinski definition) is 4. The summed E-state index contributed by atoms with van der Waals surface area (Å²) in [5, 5.41) is 3.17. The van der Waals surface area contributed by atoms with E-state index < -0.39 is 21.5 Å². The summed E-state index contributed by atoms with van der Waals surface area (Å²) < 4.78 is 33.0. The van der Waals surface area contributed by atoms with Crippen LogP contribution in [0.25, 0.3) is 0 Å². The van der Waals surface area contributed by atoms with Crippen LogP contribution in [-0.2, 0) is 10.0 Å². The van der Waals surface area contributed by atoms with Gasteiger partial charge in [0, 0.05) is 21.8 Å². The van der Waals surface area contributed by atoms with Gasteiger partial charge in [-0.05, 0) is 57.2 Å². The van der Waals surface area contributed by atoms with E-state index in [2.05, 4.69) is 10.0 Å². The second-order valence-electron chi connectivity index (χ2n) is 6.69. The molecule has 2 aromatic carbocycles. The molecule has 0 atom stereocenters. The average molecular weight is 397 g/mol. The first-order chi connectivity index (χ1) is 12.0. The van der Waals surface area contributed by atoms with Gasteiger partial charge in [-0.3, -0.25) is 4.79 Å². The number of amides is 1. The molecule has 26 heavy (non-hydrogen) atoms. The van der Waals surface area contributed by atoms with Crippen molar-refractivity contribution in [2.24, 2.45) is 0 Å². The highest BCUT2D eigenvalue weighted by atomic mass is 35.5. The van der Waals surface area contributed by atoms with E-state index in [1.807, 2.05) is 0 Å². The third-order valence-corrected chi connectivity index (χ3v) is 5.25. The predicted octanol–water partition coefficient (Wildman–Crippen LogP) is 3.68. The Labute approximate surface area is 158 Å². The maximum Gasteiger partial charge on any atom is 0.255 e. The highest BCUT2D eigenvalue weighted by molar-refractivity contribution is 7.89. The number of rotatable bonds is 5. The van der Waals surface area contributed by atoms with Crippen LogP contribution in [0.2, 0.25) is 5.02 Å². The minimum Gasteiger partial charge on any atom is -0.495 e. The molecule has 2 N–H and O–H groups in total. The molecule has 6 nitrogen and oxygen atoms in total. The van der Waals surface area contributed by atoms with Crippen LogP contribution in [0.1, 0.15) is 31.1 Å². The number of ether oxygens (including phenoxy) is 1. The van der Waals surface area contributed by atoms with Crippen LogP contribution in [0.5, 0.6) is 5.75 Å². The Hall–Kier alpha value is -2.09. The number of nitrogens with one attached hydrogen (secondary N) is 2. The van der Waals surface area contributed by atoms with Crippen molar-refractivity contribution >= 4 is 33.2 Å². The molecule has 0 bridgehead atoms. The van der Waals surface area contributed by atoms with E-state index in [0.717, 1.165) is 0 Å². The lowest BCUT2D eigenvalue weighted by Gasteiger charge is -2.21. The SMILES string of the molecule is COc1ccc(C(=O)Nc2cccc(Cl)c2)cc1S(=O)(=O)NC(C)(C)C. The average Bonchev–Trinajstić information content (AvgIpc) is 2.52. The van der Waals surface area contributed by atoms with Crippen LogP contribution in [0.4, 0.5) is 5.69 Å². The van der Waals surface area contributed by atoms with Crippen molar-refractivity contribution in [2.75, 3.05) is 12.4 Å². The van der Waals surface area contributed by atoms with Crippen LogP contribution in [-0.4, -0.2) is 27.0 Å². The van der Waals surface area contributed by atoms with Crippen LogP contribution >= 0.6 is 11.6 Å². The Balaban J connectivity index is 2.38. The van der Waals surface area contributed by atoms with E-state index >= 15 is 0 Å². The fourth-order valence-electron chi connectivity index (χ4n) is 2.26. The summed E-state index contributed by atoms with van der Waals surface area (Å²) in [5.41, 5.74) is 0.0127. The second kappa shape index (κ2) is 7.65. The molecule has 0 aliphatic carbocycles. The molecule has 0 radical (unpaired) electrons. The molecule has 1 amide bonds. The van der Waals surface area contributed by atoms with E-state index in [1.165, 1.54) is 25.3 Å². The highest BCUT2D eigenvalue weighted by Crippen LogP contribution is 2.26. The number of carbonyl (C=O) groups is 1. The van der Waals surface area contributed by atoms with Crippen molar-refractivity contribution in [1.29, 1.82) is 0 Å². The Morgan fingerprint density at radius 1 is 1.12 bits per heavy atom. The van der Waals surface area contributed by atoms with Gasteiger partial charge in [-0.15, -0.1) is 0 Å². The Morgan fingerprint density at radius 3 is 2.38 bits per heavy atom. The van der Waals surface area contributed by atoms with Gasteiger partial charge >= 0.3 is 0 Å². The molecule has 2 aromatic rings. The summed E-state index contributed by atoms with van der Waals surface area (Å²) in [7, 11) is -2.50. The van der Waals surface area contributed by atoms with E-state index in [-0.39, 0.29) is 16.2 Å². The summed E-state index contributed by atoms with van der Waals surface area (Å²) in [6.07, 6.45) is 0. The molecule has 0 heterocycles. The number of anilines is 1. The fraction of sp³-hybridized carbons (Fsp3) is 0.278. The van der Waals surface area contributed by atoms with Gasteiger partial charge in [0.05, 0.1) is 7.11 Å². The van der Waals surface area contributed by atoms with Gasteiger partial charge in [0.15, 0.2) is 0 Å². The van der Waals surface area contributed by atoms with Crippen molar-refractivity contribution in [3.05, 3.63) is 53.1 Å². The van der Waals surface area contributed by atoms with Crippen molar-refractivity contribution in [2.45, 2.75) is 31.2 Å². The fourth-order valence-corrected chi connectivity index (χ4v) is 4.06. The maximum absolute atomic E-state index is 12.7. The van der Waals surface area contributed by atoms with Crippen LogP contribution < -0.4 is 14.8 Å². The van der Waals surface area contributed by atoms with Crippen molar-refractivity contribution in [3.8, 4) is 5.75 Å². The quantitative estimate of drug-likeness (QED) is 0.807. The summed E-state index contributed by atoms with van der Waals surface area (Å²) in [5.74, 6) is -0.303. The molecule has 0 spiro atoms. The maximum atomic E-state index is 12.7. The minimum atomic E-state index is -3.87. The van der Waals surface area contributed by atoms with Crippen molar-refractivity contribution < 1.29 is 17.9 Å². The molecule has 0 fully saturated rings. The van der Waals surface area contributed by atoms with Crippen molar-refractivity contribution in [3.63, 3.8) is 0 Å². The lowest BCUT2D eigenvalue weighted by atomic mass is 10.1. The smallest absolute Gasteiger partial charge is 0.255 e. The molecule has 0 saturated carbocycles. The molecule has 0 aliphatic rings. The lowest BCUT2D eigenvalue weighted by Crippen LogP contribution is -2.40. The molecular weight excluding hydrogens is 376 g/mol. The van der Waals surface area contributed by atoms with Gasteiger partial charge in [-0.25, -0.2) is 13.1 Å². The Kier molecular flexibility index (Phi) is 5.95. The minimum absolute atomic E-state index is 0.103. The number of halogens is 1. The zero-order valence-electron chi connectivity index (χ0n) is 15.0. The zero-order chi connectivity index (χ0) is 19.5. The van der Waals surface area contributed by atoms with Gasteiger partial charge < -0.3 is 10.1 Å². The van der Waals surface area contributed by atoms with Gasteiger partial charge in [0.25, 0.3) is 5.91 Å². The summed E-state index contributed by atoms with van der Waals surface area (Å²) in [4.78, 5) is 12.4. The largest absolute Gasteiger partial charge is 0.495 e. The molecule has 0 unspecified atom stereocenters. The standard InChI is InChI=1S/C18H21ClN2O4S/c1-18(2,3)21-26(23,24)16-10-12(8-9-15(16)25-4)17(22)20-14-7-5-6-13(19)11-14/h5-11,21H,1-4H3,(H,20,22). The molecular formula is C18H21ClN2O4S. The zero-order valence-corrected chi connectivity index (χ0v) is 16.5. The molecule has 0 saturated heterocycles. The topological polar surface area (TPSA) is 84.5 Å². The van der Waals surface area contributed by atoms with Gasteiger partial charge in [-0.2, -0.15) is 0 Å². The van der Waals surface area contributed by atoms with E-state index in [4.69, 9.17) is 16.3 Å². The molecule has 0 aromatic heterocycles. The first-order valence-electron chi connectivity index (χ1n) is 7.81. The first-order valence-corrected chi connectivity index (χ1v) is 9.67. The lowest BCUT2D eigenvalue weighted by molar-refractivity contribution is 0.102. The van der Waals surface area contributed by atoms with E-state index in [1.54, 1.807) is 45.0 Å². The highest BCUT2D eigenvalue weighted by Gasteiger charge is 2.26. The molecule has 8 heteroatoms. The third kappa shape index (κ3) is 5.20. The summed E-state index contributed by atoms with van der Waals surface area (Å²) in [6.45, 7) is 5.19. The molecule has 2 rings (SSSR count). The second-order valence-corrected chi connectivity index (χ2v) is 8.77. The first kappa shape index (κ1) is 20.2. The van der Waals surface area contributed by atoms with E-state index in [0.29, 0.717) is 10.7 Å². The normalized spacial score (nSPS) is 11.9. The number of sulfonamides is 1. The summed E-state index contributed by atoms with van der Waals surface area (Å²) in [6, 6.07) is 10.9. The summed E-state index contributed by atoms with van der Waals surface area (Å²) >= 11 is 5.91. The number of benzene rings is 2. The monoisotopic (exact) mass is 396 g/mol. The van der Waals surface area contributed by atoms with Gasteiger partial charge in [0.1, 0.15) is 10.6 Å². The number of carbonyl (C=O) groups excluding carboxylic acids is 1. The number of methoxy groups -OCH3 is 1. The Morgan fingerprint density at radius 2 is 1.81 bits per heavy atom. The van der Waals surface area contributed by atoms with Crippen molar-refractivity contribution in [1.82, 2.24) is 4.72 Å². The molecule has 0 aliphatic heterocycles. The third-order valence-electron chi connectivity index (χ3n) is 3.24. The predicted molar refractivity (Wildman–Crippen MR) is 102 cm³/mol.